The van der Waals surface area contributed by atoms with Crippen LogP contribution >= 0.6 is 0 Å². The summed E-state index contributed by atoms with van der Waals surface area (Å²) in [5, 5.41) is 3.75. The maximum atomic E-state index is 3.75. The van der Waals surface area contributed by atoms with E-state index in [2.05, 4.69) is 49.5 Å². The third kappa shape index (κ3) is 4.13. The van der Waals surface area contributed by atoms with Gasteiger partial charge in [0.05, 0.1) is 0 Å². The molecule has 1 N–H and O–H groups in total. The molecule has 1 aromatic carbocycles. The van der Waals surface area contributed by atoms with Crippen LogP contribution in [0.15, 0.2) is 30.3 Å². The molecule has 1 nitrogen and oxygen atoms in total. The summed E-state index contributed by atoms with van der Waals surface area (Å²) >= 11 is 0. The zero-order valence-electron chi connectivity index (χ0n) is 11.9. The molecule has 0 amide bonds. The van der Waals surface area contributed by atoms with Crippen LogP contribution in [0.4, 0.5) is 0 Å². The Morgan fingerprint density at radius 1 is 1.22 bits per heavy atom. The van der Waals surface area contributed by atoms with Crippen LogP contribution in [0.5, 0.6) is 0 Å². The van der Waals surface area contributed by atoms with Gasteiger partial charge in [-0.1, -0.05) is 57.0 Å². The molecular formula is C17H27N. The van der Waals surface area contributed by atoms with E-state index in [0.717, 1.165) is 18.5 Å². The van der Waals surface area contributed by atoms with Crippen LogP contribution in [-0.2, 0) is 0 Å². The fourth-order valence-electron chi connectivity index (χ4n) is 3.07. The summed E-state index contributed by atoms with van der Waals surface area (Å²) in [6, 6.07) is 11.6. The first-order valence-electron chi connectivity index (χ1n) is 7.54. The van der Waals surface area contributed by atoms with Crippen LogP contribution in [-0.4, -0.2) is 12.6 Å². The second-order valence-corrected chi connectivity index (χ2v) is 6.02. The molecule has 3 atom stereocenters. The Morgan fingerprint density at radius 2 is 2.00 bits per heavy atom. The standard InChI is InChI=1S/C17H27N/c1-14-7-6-10-17(13-14)18-12-11-15(2)16-8-4-3-5-9-16/h3-5,8-9,14-15,17-18H,6-7,10-13H2,1-2H3. The van der Waals surface area contributed by atoms with Crippen molar-refractivity contribution in [2.45, 2.75) is 57.9 Å². The highest BCUT2D eigenvalue weighted by molar-refractivity contribution is 5.18. The molecule has 0 heterocycles. The molecular weight excluding hydrogens is 218 g/mol. The molecule has 1 heteroatoms. The summed E-state index contributed by atoms with van der Waals surface area (Å²) in [6.45, 7) is 5.88. The van der Waals surface area contributed by atoms with Crippen LogP contribution in [0.3, 0.4) is 0 Å². The Bertz CT molecular complexity index is 333. The zero-order valence-corrected chi connectivity index (χ0v) is 11.9. The summed E-state index contributed by atoms with van der Waals surface area (Å²) in [7, 11) is 0. The van der Waals surface area contributed by atoms with Gasteiger partial charge < -0.3 is 5.32 Å². The molecule has 0 bridgehead atoms. The Balaban J connectivity index is 1.69. The lowest BCUT2D eigenvalue weighted by Gasteiger charge is -2.28. The van der Waals surface area contributed by atoms with Gasteiger partial charge in [-0.05, 0) is 43.2 Å². The van der Waals surface area contributed by atoms with E-state index in [1.165, 1.54) is 37.7 Å². The van der Waals surface area contributed by atoms with Crippen LogP contribution in [0.1, 0.15) is 57.4 Å². The highest BCUT2D eigenvalue weighted by atomic mass is 14.9. The van der Waals surface area contributed by atoms with Gasteiger partial charge >= 0.3 is 0 Å². The minimum Gasteiger partial charge on any atom is -0.314 e. The van der Waals surface area contributed by atoms with E-state index in [4.69, 9.17) is 0 Å². The normalized spacial score (nSPS) is 25.9. The van der Waals surface area contributed by atoms with E-state index in [0.29, 0.717) is 5.92 Å². The van der Waals surface area contributed by atoms with Crippen molar-refractivity contribution in [2.24, 2.45) is 5.92 Å². The quantitative estimate of drug-likeness (QED) is 0.813. The van der Waals surface area contributed by atoms with E-state index in [-0.39, 0.29) is 0 Å². The number of hydrogen-bond donors (Lipinski definition) is 1. The van der Waals surface area contributed by atoms with Crippen molar-refractivity contribution in [1.82, 2.24) is 5.32 Å². The minimum atomic E-state index is 0.666. The Labute approximate surface area is 112 Å². The second kappa shape index (κ2) is 6.94. The molecule has 0 saturated heterocycles. The number of nitrogens with one attached hydrogen (secondary N) is 1. The fraction of sp³-hybridized carbons (Fsp3) is 0.647. The van der Waals surface area contributed by atoms with Gasteiger partial charge in [-0.2, -0.15) is 0 Å². The van der Waals surface area contributed by atoms with E-state index in [1.54, 1.807) is 0 Å². The van der Waals surface area contributed by atoms with Gasteiger partial charge in [-0.25, -0.2) is 0 Å². The summed E-state index contributed by atoms with van der Waals surface area (Å²) in [5.74, 6) is 1.59. The van der Waals surface area contributed by atoms with Crippen molar-refractivity contribution in [1.29, 1.82) is 0 Å². The lowest BCUT2D eigenvalue weighted by molar-refractivity contribution is 0.300. The minimum absolute atomic E-state index is 0.666. The van der Waals surface area contributed by atoms with Gasteiger partial charge in [0, 0.05) is 6.04 Å². The average Bonchev–Trinajstić information content (AvgIpc) is 2.40. The van der Waals surface area contributed by atoms with Crippen LogP contribution in [0, 0.1) is 5.92 Å². The average molecular weight is 245 g/mol. The highest BCUT2D eigenvalue weighted by Crippen LogP contribution is 2.24. The molecule has 1 aromatic rings. The van der Waals surface area contributed by atoms with Crippen LogP contribution < -0.4 is 5.32 Å². The smallest absolute Gasteiger partial charge is 0.00696 e. The van der Waals surface area contributed by atoms with Crippen molar-refractivity contribution in [3.63, 3.8) is 0 Å². The molecule has 1 aliphatic rings. The maximum Gasteiger partial charge on any atom is 0.00696 e. The summed E-state index contributed by atoms with van der Waals surface area (Å²) < 4.78 is 0. The molecule has 1 fully saturated rings. The summed E-state index contributed by atoms with van der Waals surface area (Å²) in [4.78, 5) is 0. The van der Waals surface area contributed by atoms with E-state index < -0.39 is 0 Å². The Hall–Kier alpha value is -0.820. The molecule has 1 saturated carbocycles. The monoisotopic (exact) mass is 245 g/mol. The van der Waals surface area contributed by atoms with Crippen LogP contribution in [0.2, 0.25) is 0 Å². The summed E-state index contributed by atoms with van der Waals surface area (Å²) in [5.41, 5.74) is 1.47. The number of hydrogen-bond acceptors (Lipinski definition) is 1. The third-order valence-electron chi connectivity index (χ3n) is 4.32. The van der Waals surface area contributed by atoms with Gasteiger partial charge in [0.1, 0.15) is 0 Å². The van der Waals surface area contributed by atoms with E-state index in [9.17, 15) is 0 Å². The predicted molar refractivity (Wildman–Crippen MR) is 78.9 cm³/mol. The number of benzene rings is 1. The molecule has 2 rings (SSSR count). The number of rotatable bonds is 5. The second-order valence-electron chi connectivity index (χ2n) is 6.02. The molecule has 0 aromatic heterocycles. The lowest BCUT2D eigenvalue weighted by atomic mass is 9.87. The van der Waals surface area contributed by atoms with E-state index in [1.807, 2.05) is 0 Å². The zero-order chi connectivity index (χ0) is 12.8. The van der Waals surface area contributed by atoms with Gasteiger partial charge in [0.25, 0.3) is 0 Å². The highest BCUT2D eigenvalue weighted by Gasteiger charge is 2.18. The molecule has 0 spiro atoms. The van der Waals surface area contributed by atoms with Crippen molar-refractivity contribution in [3.05, 3.63) is 35.9 Å². The molecule has 0 aliphatic heterocycles. The Morgan fingerprint density at radius 3 is 2.72 bits per heavy atom. The van der Waals surface area contributed by atoms with Gasteiger partial charge in [0.2, 0.25) is 0 Å². The third-order valence-corrected chi connectivity index (χ3v) is 4.32. The molecule has 100 valence electrons. The van der Waals surface area contributed by atoms with Crippen molar-refractivity contribution >= 4 is 0 Å². The first-order valence-corrected chi connectivity index (χ1v) is 7.54. The topological polar surface area (TPSA) is 12.0 Å². The SMILES string of the molecule is CC1CCCC(NCCC(C)c2ccccc2)C1. The summed E-state index contributed by atoms with van der Waals surface area (Å²) in [6.07, 6.45) is 6.84. The fourth-order valence-corrected chi connectivity index (χ4v) is 3.07. The molecule has 1 aliphatic carbocycles. The van der Waals surface area contributed by atoms with Crippen LogP contribution in [0.25, 0.3) is 0 Å². The first-order chi connectivity index (χ1) is 8.75. The largest absolute Gasteiger partial charge is 0.314 e. The molecule has 3 unspecified atom stereocenters. The van der Waals surface area contributed by atoms with Gasteiger partial charge in [-0.3, -0.25) is 0 Å². The van der Waals surface area contributed by atoms with Crippen molar-refractivity contribution < 1.29 is 0 Å². The van der Waals surface area contributed by atoms with Gasteiger partial charge in [0.15, 0.2) is 0 Å². The molecule has 0 radical (unpaired) electrons. The predicted octanol–water partition coefficient (Wildman–Crippen LogP) is 4.35. The lowest BCUT2D eigenvalue weighted by Crippen LogP contribution is -2.34. The first kappa shape index (κ1) is 13.6. The van der Waals surface area contributed by atoms with E-state index >= 15 is 0 Å². The van der Waals surface area contributed by atoms with Crippen molar-refractivity contribution in [3.8, 4) is 0 Å². The van der Waals surface area contributed by atoms with Crippen molar-refractivity contribution in [2.75, 3.05) is 6.54 Å². The maximum absolute atomic E-state index is 3.75. The Kier molecular flexibility index (Phi) is 5.25. The van der Waals surface area contributed by atoms with Gasteiger partial charge in [-0.15, -0.1) is 0 Å². The molecule has 18 heavy (non-hydrogen) atoms.